The van der Waals surface area contributed by atoms with Crippen molar-refractivity contribution < 1.29 is 24.2 Å². The fraction of sp³-hybridized carbons (Fsp3) is 0.273. The molecule has 0 unspecified atom stereocenters. The maximum Gasteiger partial charge on any atom is 0.341 e. The molecule has 0 aliphatic rings. The van der Waals surface area contributed by atoms with Gasteiger partial charge in [-0.25, -0.2) is 9.59 Å². The van der Waals surface area contributed by atoms with Crippen molar-refractivity contribution in [1.82, 2.24) is 0 Å². The first-order chi connectivity index (χ1) is 7.54. The monoisotopic (exact) mass is 224 g/mol. The Morgan fingerprint density at radius 2 is 2.06 bits per heavy atom. The topological polar surface area (TPSA) is 72.8 Å². The van der Waals surface area contributed by atoms with Crippen molar-refractivity contribution in [1.29, 1.82) is 0 Å². The van der Waals surface area contributed by atoms with Gasteiger partial charge in [0.2, 0.25) is 0 Å². The summed E-state index contributed by atoms with van der Waals surface area (Å²) in [5.74, 6) is -1.18. The average molecular weight is 224 g/mol. The Labute approximate surface area is 92.6 Å². The van der Waals surface area contributed by atoms with Gasteiger partial charge in [-0.05, 0) is 30.7 Å². The summed E-state index contributed by atoms with van der Waals surface area (Å²) in [6, 6.07) is 4.74. The molecule has 0 aliphatic carbocycles. The Hall–Kier alpha value is -2.04. The molecule has 0 saturated heterocycles. The predicted molar refractivity (Wildman–Crippen MR) is 55.6 cm³/mol. The molecule has 86 valence electrons. The second kappa shape index (κ2) is 5.16. The number of carboxylic acid groups (broad SMARTS) is 1. The van der Waals surface area contributed by atoms with Gasteiger partial charge in [-0.15, -0.1) is 0 Å². The largest absolute Gasteiger partial charge is 0.496 e. The summed E-state index contributed by atoms with van der Waals surface area (Å²) < 4.78 is 9.57. The van der Waals surface area contributed by atoms with Crippen LogP contribution >= 0.6 is 0 Å². The normalized spacial score (nSPS) is 9.62. The Balaban J connectivity index is 2.77. The van der Waals surface area contributed by atoms with Crippen molar-refractivity contribution in [2.45, 2.75) is 6.92 Å². The van der Waals surface area contributed by atoms with Crippen LogP contribution in [0.15, 0.2) is 18.2 Å². The van der Waals surface area contributed by atoms with Crippen LogP contribution in [-0.2, 0) is 9.53 Å². The molecular weight excluding hydrogens is 212 g/mol. The summed E-state index contributed by atoms with van der Waals surface area (Å²) in [6.07, 6.45) is 0. The van der Waals surface area contributed by atoms with E-state index in [2.05, 4.69) is 4.74 Å². The molecule has 1 aromatic rings. The summed E-state index contributed by atoms with van der Waals surface area (Å²) >= 11 is 0. The van der Waals surface area contributed by atoms with E-state index in [-0.39, 0.29) is 0 Å². The number of carbonyl (C=O) groups is 2. The van der Waals surface area contributed by atoms with Gasteiger partial charge in [0.1, 0.15) is 5.75 Å². The lowest BCUT2D eigenvalue weighted by Crippen LogP contribution is -2.13. The van der Waals surface area contributed by atoms with Crippen LogP contribution in [0.25, 0.3) is 0 Å². The lowest BCUT2D eigenvalue weighted by atomic mass is 10.1. The highest BCUT2D eigenvalue weighted by Gasteiger charge is 2.10. The highest BCUT2D eigenvalue weighted by atomic mass is 16.5. The summed E-state index contributed by atoms with van der Waals surface area (Å²) in [6.45, 7) is 1.15. The number of rotatable bonds is 4. The first-order valence-electron chi connectivity index (χ1n) is 4.58. The smallest absolute Gasteiger partial charge is 0.341 e. The van der Waals surface area contributed by atoms with Gasteiger partial charge in [-0.1, -0.05) is 0 Å². The van der Waals surface area contributed by atoms with Crippen LogP contribution in [0.4, 0.5) is 0 Å². The van der Waals surface area contributed by atoms with E-state index in [0.717, 1.165) is 5.56 Å². The van der Waals surface area contributed by atoms with Crippen molar-refractivity contribution in [3.8, 4) is 5.75 Å². The maximum atomic E-state index is 11.4. The number of hydrogen-bond donors (Lipinski definition) is 1. The Kier molecular flexibility index (Phi) is 3.88. The van der Waals surface area contributed by atoms with Gasteiger partial charge >= 0.3 is 11.9 Å². The van der Waals surface area contributed by atoms with Crippen molar-refractivity contribution in [3.05, 3.63) is 29.3 Å². The summed E-state index contributed by atoms with van der Waals surface area (Å²) in [7, 11) is 1.53. The number of methoxy groups -OCH3 is 1. The molecule has 0 atom stereocenters. The predicted octanol–water partition coefficient (Wildman–Crippen LogP) is 1.25. The summed E-state index contributed by atoms with van der Waals surface area (Å²) in [4.78, 5) is 21.6. The van der Waals surface area contributed by atoms with Crippen LogP contribution < -0.4 is 4.74 Å². The van der Waals surface area contributed by atoms with E-state index in [0.29, 0.717) is 11.3 Å². The molecule has 0 spiro atoms. The van der Waals surface area contributed by atoms with Crippen LogP contribution in [0.3, 0.4) is 0 Å². The van der Waals surface area contributed by atoms with E-state index in [4.69, 9.17) is 9.84 Å². The van der Waals surface area contributed by atoms with Gasteiger partial charge < -0.3 is 14.6 Å². The standard InChI is InChI=1S/C11H12O5/c1-7-5-8(3-4-9(7)15-2)11(14)16-6-10(12)13/h3-5H,6H2,1-2H3,(H,12,13). The molecule has 5 nitrogen and oxygen atoms in total. The van der Waals surface area contributed by atoms with Crippen LogP contribution in [-0.4, -0.2) is 30.8 Å². The molecule has 0 bridgehead atoms. The molecule has 1 aromatic carbocycles. The van der Waals surface area contributed by atoms with Gasteiger partial charge in [-0.2, -0.15) is 0 Å². The third kappa shape index (κ3) is 2.98. The van der Waals surface area contributed by atoms with Crippen LogP contribution in [0.2, 0.25) is 0 Å². The lowest BCUT2D eigenvalue weighted by molar-refractivity contribution is -0.140. The molecule has 0 aromatic heterocycles. The zero-order valence-electron chi connectivity index (χ0n) is 9.02. The van der Waals surface area contributed by atoms with E-state index < -0.39 is 18.5 Å². The zero-order valence-corrected chi connectivity index (χ0v) is 9.02. The quantitative estimate of drug-likeness (QED) is 0.779. The molecule has 0 saturated carbocycles. The Bertz CT molecular complexity index is 411. The third-order valence-electron chi connectivity index (χ3n) is 1.96. The van der Waals surface area contributed by atoms with Gasteiger partial charge in [0.25, 0.3) is 0 Å². The average Bonchev–Trinajstić information content (AvgIpc) is 2.25. The number of carboxylic acids is 1. The number of aliphatic carboxylic acids is 1. The van der Waals surface area contributed by atoms with Crippen LogP contribution in [0, 0.1) is 6.92 Å². The molecule has 1 rings (SSSR count). The first kappa shape index (κ1) is 12.0. The highest BCUT2D eigenvalue weighted by molar-refractivity contribution is 5.91. The van der Waals surface area contributed by atoms with E-state index in [1.54, 1.807) is 19.1 Å². The van der Waals surface area contributed by atoms with Crippen molar-refractivity contribution in [2.24, 2.45) is 0 Å². The zero-order chi connectivity index (χ0) is 12.1. The molecule has 0 radical (unpaired) electrons. The highest BCUT2D eigenvalue weighted by Crippen LogP contribution is 2.18. The second-order valence-corrected chi connectivity index (χ2v) is 3.15. The van der Waals surface area contributed by atoms with Crippen molar-refractivity contribution in [2.75, 3.05) is 13.7 Å². The number of ether oxygens (including phenoxy) is 2. The lowest BCUT2D eigenvalue weighted by Gasteiger charge is -2.06. The minimum absolute atomic E-state index is 0.305. The second-order valence-electron chi connectivity index (χ2n) is 3.15. The van der Waals surface area contributed by atoms with Crippen LogP contribution in [0.5, 0.6) is 5.75 Å². The SMILES string of the molecule is COc1ccc(C(=O)OCC(=O)O)cc1C. The molecular formula is C11H12O5. The minimum atomic E-state index is -1.18. The van der Waals surface area contributed by atoms with Crippen molar-refractivity contribution >= 4 is 11.9 Å². The van der Waals surface area contributed by atoms with Gasteiger partial charge in [0.05, 0.1) is 12.7 Å². The maximum absolute atomic E-state index is 11.4. The Morgan fingerprint density at radius 3 is 2.56 bits per heavy atom. The number of carbonyl (C=O) groups excluding carboxylic acids is 1. The summed E-state index contributed by atoms with van der Waals surface area (Å²) in [5, 5.41) is 8.35. The fourth-order valence-electron chi connectivity index (χ4n) is 1.22. The van der Waals surface area contributed by atoms with Gasteiger partial charge in [-0.3, -0.25) is 0 Å². The summed E-state index contributed by atoms with van der Waals surface area (Å²) in [5.41, 5.74) is 1.09. The fourth-order valence-corrected chi connectivity index (χ4v) is 1.22. The van der Waals surface area contributed by atoms with Gasteiger partial charge in [0, 0.05) is 0 Å². The third-order valence-corrected chi connectivity index (χ3v) is 1.96. The first-order valence-corrected chi connectivity index (χ1v) is 4.58. The number of benzene rings is 1. The number of esters is 1. The van der Waals surface area contributed by atoms with E-state index >= 15 is 0 Å². The number of hydrogen-bond acceptors (Lipinski definition) is 4. The number of aryl methyl sites for hydroxylation is 1. The van der Waals surface area contributed by atoms with E-state index in [1.165, 1.54) is 13.2 Å². The minimum Gasteiger partial charge on any atom is -0.496 e. The van der Waals surface area contributed by atoms with Gasteiger partial charge in [0.15, 0.2) is 6.61 Å². The van der Waals surface area contributed by atoms with Crippen molar-refractivity contribution in [3.63, 3.8) is 0 Å². The van der Waals surface area contributed by atoms with Crippen LogP contribution in [0.1, 0.15) is 15.9 Å². The molecule has 1 N–H and O–H groups in total. The van der Waals surface area contributed by atoms with E-state index in [1.807, 2.05) is 0 Å². The molecule has 0 aliphatic heterocycles. The Morgan fingerprint density at radius 1 is 1.38 bits per heavy atom. The molecule has 0 heterocycles. The molecule has 5 heteroatoms. The molecule has 16 heavy (non-hydrogen) atoms. The molecule has 0 fully saturated rings. The molecule has 0 amide bonds. The van der Waals surface area contributed by atoms with E-state index in [9.17, 15) is 9.59 Å².